The van der Waals surface area contributed by atoms with E-state index < -0.39 is 27.0 Å². The topological polar surface area (TPSA) is 89.3 Å². The number of carbonyl (C=O) groups excluding carboxylic acids is 1. The number of alkyl halides is 3. The number of rotatable bonds is 2. The fraction of sp³-hybridized carbons (Fsp3) is 0.125. The third kappa shape index (κ3) is 3.59. The van der Waals surface area contributed by atoms with Gasteiger partial charge in [-0.05, 0) is 18.2 Å². The van der Waals surface area contributed by atoms with E-state index in [1.54, 1.807) is 0 Å². The van der Waals surface area contributed by atoms with Crippen LogP contribution in [-0.4, -0.2) is 20.5 Å². The second kappa shape index (κ2) is 4.75. The Kier molecular flexibility index (Phi) is 3.89. The average molecular weight is 303 g/mol. The Morgan fingerprint density at radius 1 is 1.33 bits per heavy atom. The van der Waals surface area contributed by atoms with E-state index in [0.717, 1.165) is 18.2 Å². The van der Waals surface area contributed by atoms with Crippen molar-refractivity contribution in [1.29, 1.82) is 0 Å². The first-order chi connectivity index (χ1) is 8.01. The van der Waals surface area contributed by atoms with Crippen LogP contribution in [0.4, 0.5) is 18.9 Å². The molecule has 0 heterocycles. The quantitative estimate of drug-likeness (QED) is 0.867. The summed E-state index contributed by atoms with van der Waals surface area (Å²) in [4.78, 5) is 10.1. The van der Waals surface area contributed by atoms with Gasteiger partial charge < -0.3 is 5.32 Å². The molecule has 0 fully saturated rings. The number of nitrogens with one attached hydrogen (secondary N) is 1. The van der Waals surface area contributed by atoms with Gasteiger partial charge in [0.25, 0.3) is 0 Å². The number of anilines is 1. The third-order valence-electron chi connectivity index (χ3n) is 1.75. The highest BCUT2D eigenvalue weighted by Crippen LogP contribution is 2.25. The Bertz CT molecular complexity index is 586. The van der Waals surface area contributed by atoms with E-state index in [0.29, 0.717) is 0 Å². The molecule has 0 spiro atoms. The lowest BCUT2D eigenvalue weighted by Crippen LogP contribution is -2.30. The summed E-state index contributed by atoms with van der Waals surface area (Å²) in [5.41, 5.74) is -0.384. The largest absolute Gasteiger partial charge is 0.471 e. The number of carbonyl (C=O) groups is 1. The van der Waals surface area contributed by atoms with Crippen molar-refractivity contribution < 1.29 is 26.4 Å². The summed E-state index contributed by atoms with van der Waals surface area (Å²) in [6, 6.07) is 2.76. The van der Waals surface area contributed by atoms with Crippen LogP contribution in [0.5, 0.6) is 0 Å². The molecule has 0 radical (unpaired) electrons. The van der Waals surface area contributed by atoms with Gasteiger partial charge in [0.15, 0.2) is 0 Å². The van der Waals surface area contributed by atoms with Gasteiger partial charge in [-0.2, -0.15) is 13.2 Å². The van der Waals surface area contributed by atoms with Gasteiger partial charge in [0.05, 0.1) is 5.02 Å². The number of benzene rings is 1. The van der Waals surface area contributed by atoms with Gasteiger partial charge in [-0.25, -0.2) is 13.6 Å². The molecular weight excluding hydrogens is 297 g/mol. The summed E-state index contributed by atoms with van der Waals surface area (Å²) in [5, 5.41) is 6.01. The average Bonchev–Trinajstić information content (AvgIpc) is 2.17. The molecule has 1 amide bonds. The van der Waals surface area contributed by atoms with Crippen LogP contribution in [0.15, 0.2) is 23.1 Å². The van der Waals surface area contributed by atoms with Crippen molar-refractivity contribution in [1.82, 2.24) is 0 Å². The highest BCUT2D eigenvalue weighted by Gasteiger charge is 2.38. The van der Waals surface area contributed by atoms with Crippen molar-refractivity contribution in [3.05, 3.63) is 23.2 Å². The lowest BCUT2D eigenvalue weighted by molar-refractivity contribution is -0.167. The smallest absolute Gasteiger partial charge is 0.318 e. The standard InChI is InChI=1S/C8H6ClF3N2O3S/c9-5-2-1-4(3-6(5)18(13,16)17)14-7(15)8(10,11)12/h1-3H,(H,14,15)(H2,13,16,17). The highest BCUT2D eigenvalue weighted by molar-refractivity contribution is 7.89. The first-order valence-electron chi connectivity index (χ1n) is 4.22. The molecule has 0 aliphatic rings. The zero-order chi connectivity index (χ0) is 14.1. The second-order valence-electron chi connectivity index (χ2n) is 3.14. The Hall–Kier alpha value is -1.32. The monoisotopic (exact) mass is 302 g/mol. The Labute approximate surface area is 105 Å². The van der Waals surface area contributed by atoms with E-state index in [-0.39, 0.29) is 10.7 Å². The predicted octanol–water partition coefficient (Wildman–Crippen LogP) is 1.49. The molecule has 0 bridgehead atoms. The molecule has 0 aliphatic heterocycles. The SMILES string of the molecule is NS(=O)(=O)c1cc(NC(=O)C(F)(F)F)ccc1Cl. The molecule has 5 nitrogen and oxygen atoms in total. The van der Waals surface area contributed by atoms with E-state index in [1.807, 2.05) is 0 Å². The summed E-state index contributed by atoms with van der Waals surface area (Å²) in [6.07, 6.45) is -5.08. The van der Waals surface area contributed by atoms with Gasteiger partial charge in [-0.15, -0.1) is 0 Å². The van der Waals surface area contributed by atoms with Crippen LogP contribution in [0, 0.1) is 0 Å². The van der Waals surface area contributed by atoms with Gasteiger partial charge in [-0.1, -0.05) is 11.6 Å². The Morgan fingerprint density at radius 2 is 1.89 bits per heavy atom. The highest BCUT2D eigenvalue weighted by atomic mass is 35.5. The van der Waals surface area contributed by atoms with Gasteiger partial charge in [0.1, 0.15) is 4.90 Å². The predicted molar refractivity (Wildman–Crippen MR) is 57.5 cm³/mol. The van der Waals surface area contributed by atoms with E-state index in [4.69, 9.17) is 16.7 Å². The molecule has 3 N–H and O–H groups in total. The number of hydrogen-bond acceptors (Lipinski definition) is 3. The van der Waals surface area contributed by atoms with Gasteiger partial charge >= 0.3 is 12.1 Å². The fourth-order valence-corrected chi connectivity index (χ4v) is 2.07. The summed E-state index contributed by atoms with van der Waals surface area (Å²) >= 11 is 5.51. The molecule has 1 aromatic rings. The second-order valence-corrected chi connectivity index (χ2v) is 5.08. The molecule has 1 aromatic carbocycles. The summed E-state index contributed by atoms with van der Waals surface area (Å²) < 4.78 is 58.0. The number of nitrogens with two attached hydrogens (primary N) is 1. The van der Waals surface area contributed by atoms with Gasteiger partial charge in [0, 0.05) is 5.69 Å². The molecule has 0 saturated heterocycles. The molecule has 10 heteroatoms. The lowest BCUT2D eigenvalue weighted by Gasteiger charge is -2.09. The van der Waals surface area contributed by atoms with E-state index >= 15 is 0 Å². The minimum atomic E-state index is -5.08. The number of primary sulfonamides is 1. The van der Waals surface area contributed by atoms with E-state index in [9.17, 15) is 26.4 Å². The molecule has 0 aromatic heterocycles. The third-order valence-corrected chi connectivity index (χ3v) is 3.15. The van der Waals surface area contributed by atoms with Crippen LogP contribution in [0.1, 0.15) is 0 Å². The normalized spacial score (nSPS) is 12.3. The zero-order valence-corrected chi connectivity index (χ0v) is 10.0. The number of halogens is 4. The molecular formula is C8H6ClF3N2O3S. The number of amides is 1. The Morgan fingerprint density at radius 3 is 2.33 bits per heavy atom. The Balaban J connectivity index is 3.12. The van der Waals surface area contributed by atoms with Crippen molar-refractivity contribution in [3.63, 3.8) is 0 Å². The molecule has 1 rings (SSSR count). The van der Waals surface area contributed by atoms with Crippen LogP contribution >= 0.6 is 11.6 Å². The maximum atomic E-state index is 12.0. The zero-order valence-electron chi connectivity index (χ0n) is 8.45. The molecule has 0 unspecified atom stereocenters. The van der Waals surface area contributed by atoms with Crippen LogP contribution in [-0.2, 0) is 14.8 Å². The maximum Gasteiger partial charge on any atom is 0.471 e. The van der Waals surface area contributed by atoms with E-state index in [2.05, 4.69) is 0 Å². The van der Waals surface area contributed by atoms with Crippen LogP contribution < -0.4 is 10.5 Å². The van der Waals surface area contributed by atoms with Crippen molar-refractivity contribution in [3.8, 4) is 0 Å². The summed E-state index contributed by atoms with van der Waals surface area (Å²) in [5.74, 6) is -2.23. The summed E-state index contributed by atoms with van der Waals surface area (Å²) in [6.45, 7) is 0. The van der Waals surface area contributed by atoms with Crippen molar-refractivity contribution >= 4 is 33.2 Å². The van der Waals surface area contributed by atoms with Crippen LogP contribution in [0.25, 0.3) is 0 Å². The minimum Gasteiger partial charge on any atom is -0.318 e. The van der Waals surface area contributed by atoms with Crippen molar-refractivity contribution in [2.45, 2.75) is 11.1 Å². The first kappa shape index (κ1) is 14.7. The molecule has 0 aliphatic carbocycles. The first-order valence-corrected chi connectivity index (χ1v) is 6.15. The lowest BCUT2D eigenvalue weighted by atomic mass is 10.3. The van der Waals surface area contributed by atoms with Crippen molar-refractivity contribution in [2.24, 2.45) is 5.14 Å². The molecule has 0 saturated carbocycles. The fourth-order valence-electron chi connectivity index (χ4n) is 1.00. The minimum absolute atomic E-state index is 0.262. The number of hydrogen-bond donors (Lipinski definition) is 2. The van der Waals surface area contributed by atoms with Crippen LogP contribution in [0.3, 0.4) is 0 Å². The molecule has 100 valence electrons. The van der Waals surface area contributed by atoms with E-state index in [1.165, 1.54) is 5.32 Å². The maximum absolute atomic E-state index is 12.0. The van der Waals surface area contributed by atoms with Crippen molar-refractivity contribution in [2.75, 3.05) is 5.32 Å². The van der Waals surface area contributed by atoms with Gasteiger partial charge in [-0.3, -0.25) is 4.79 Å². The molecule has 0 atom stereocenters. The summed E-state index contributed by atoms with van der Waals surface area (Å²) in [7, 11) is -4.19. The van der Waals surface area contributed by atoms with Crippen LogP contribution in [0.2, 0.25) is 5.02 Å². The number of sulfonamides is 1. The van der Waals surface area contributed by atoms with Gasteiger partial charge in [0.2, 0.25) is 10.0 Å². The molecule has 18 heavy (non-hydrogen) atoms.